The minimum absolute atomic E-state index is 0.231. The van der Waals surface area contributed by atoms with Crippen LogP contribution in [0.1, 0.15) is 51.2 Å². The van der Waals surface area contributed by atoms with E-state index in [1.54, 1.807) is 24.3 Å². The zero-order valence-corrected chi connectivity index (χ0v) is 14.6. The van der Waals surface area contributed by atoms with Gasteiger partial charge >= 0.3 is 6.55 Å². The number of alkyl halides is 2. The molecular weight excluding hydrogens is 334 g/mol. The van der Waals surface area contributed by atoms with Gasteiger partial charge in [-0.25, -0.2) is 4.98 Å². The topological polar surface area (TPSA) is 56.7 Å². The van der Waals surface area contributed by atoms with Crippen molar-refractivity contribution < 1.29 is 13.3 Å². The fourth-order valence-corrected chi connectivity index (χ4v) is 3.16. The molecule has 0 unspecified atom stereocenters. The SMILES string of the molecule is C[C@@H](Sc1nc2ccccc2n1C(F)F)c1nc(C(C)(C)C)no1. The number of fused-ring (bicyclic) bond motifs is 1. The number of para-hydroxylation sites is 2. The Kier molecular flexibility index (Phi) is 4.33. The Hall–Kier alpha value is -1.96. The largest absolute Gasteiger partial charge is 0.338 e. The molecule has 0 fully saturated rings. The zero-order chi connectivity index (χ0) is 17.5. The number of hydrogen-bond donors (Lipinski definition) is 0. The van der Waals surface area contributed by atoms with Crippen LogP contribution in [0, 0.1) is 0 Å². The van der Waals surface area contributed by atoms with E-state index in [9.17, 15) is 8.78 Å². The predicted octanol–water partition coefficient (Wildman–Crippen LogP) is 4.97. The summed E-state index contributed by atoms with van der Waals surface area (Å²) in [5, 5.41) is 3.92. The summed E-state index contributed by atoms with van der Waals surface area (Å²) in [5.41, 5.74) is 0.707. The molecule has 8 heteroatoms. The van der Waals surface area contributed by atoms with E-state index in [2.05, 4.69) is 15.1 Å². The van der Waals surface area contributed by atoms with E-state index in [0.29, 0.717) is 22.7 Å². The number of nitrogens with zero attached hydrogens (tertiary/aromatic N) is 4. The Balaban J connectivity index is 1.92. The van der Waals surface area contributed by atoms with Gasteiger partial charge in [-0.15, -0.1) is 0 Å². The smallest absolute Gasteiger partial charge is 0.321 e. The van der Waals surface area contributed by atoms with E-state index in [1.165, 1.54) is 11.8 Å². The molecule has 0 amide bonds. The fraction of sp³-hybridized carbons (Fsp3) is 0.438. The molecule has 24 heavy (non-hydrogen) atoms. The number of halogens is 2. The van der Waals surface area contributed by atoms with Gasteiger partial charge in [-0.3, -0.25) is 4.57 Å². The lowest BCUT2D eigenvalue weighted by Gasteiger charge is -2.11. The van der Waals surface area contributed by atoms with Gasteiger partial charge in [0.15, 0.2) is 11.0 Å². The van der Waals surface area contributed by atoms with E-state index in [0.717, 1.165) is 4.57 Å². The summed E-state index contributed by atoms with van der Waals surface area (Å²) in [6.45, 7) is 5.11. The highest BCUT2D eigenvalue weighted by molar-refractivity contribution is 7.99. The molecule has 5 nitrogen and oxygen atoms in total. The number of imidazole rings is 1. The zero-order valence-electron chi connectivity index (χ0n) is 13.8. The van der Waals surface area contributed by atoms with Crippen molar-refractivity contribution >= 4 is 22.8 Å². The molecule has 0 radical (unpaired) electrons. The lowest BCUT2D eigenvalue weighted by atomic mass is 9.96. The average Bonchev–Trinajstić information content (AvgIpc) is 3.11. The van der Waals surface area contributed by atoms with Crippen LogP contribution >= 0.6 is 11.8 Å². The quantitative estimate of drug-likeness (QED) is 0.621. The molecule has 0 aliphatic rings. The third-order valence-corrected chi connectivity index (χ3v) is 4.56. The molecule has 2 heterocycles. The highest BCUT2D eigenvalue weighted by atomic mass is 32.2. The Morgan fingerprint density at radius 3 is 2.50 bits per heavy atom. The maximum absolute atomic E-state index is 13.5. The van der Waals surface area contributed by atoms with Gasteiger partial charge in [0.1, 0.15) is 0 Å². The van der Waals surface area contributed by atoms with Crippen molar-refractivity contribution in [3.63, 3.8) is 0 Å². The van der Waals surface area contributed by atoms with Crippen LogP contribution in [-0.4, -0.2) is 19.7 Å². The molecule has 0 aliphatic carbocycles. The van der Waals surface area contributed by atoms with Crippen molar-refractivity contribution in [1.29, 1.82) is 0 Å². The lowest BCUT2D eigenvalue weighted by Crippen LogP contribution is -2.13. The highest BCUT2D eigenvalue weighted by Crippen LogP contribution is 2.37. The summed E-state index contributed by atoms with van der Waals surface area (Å²) in [4.78, 5) is 8.69. The van der Waals surface area contributed by atoms with Crippen LogP contribution in [0.15, 0.2) is 33.9 Å². The number of thioether (sulfide) groups is 1. The number of aromatic nitrogens is 4. The molecule has 0 aliphatic heterocycles. The fourth-order valence-electron chi connectivity index (χ4n) is 2.21. The summed E-state index contributed by atoms with van der Waals surface area (Å²) in [6, 6.07) is 6.84. The van der Waals surface area contributed by atoms with Crippen molar-refractivity contribution in [2.45, 2.75) is 50.1 Å². The van der Waals surface area contributed by atoms with Crippen LogP contribution in [0.3, 0.4) is 0 Å². The molecule has 0 saturated heterocycles. The third kappa shape index (κ3) is 3.15. The predicted molar refractivity (Wildman–Crippen MR) is 88.3 cm³/mol. The molecule has 0 spiro atoms. The molecular formula is C16H18F2N4OS. The minimum atomic E-state index is -2.67. The number of benzene rings is 1. The summed E-state index contributed by atoms with van der Waals surface area (Å²) >= 11 is 1.18. The first kappa shape index (κ1) is 16.9. The third-order valence-electron chi connectivity index (χ3n) is 3.50. The summed E-state index contributed by atoms with van der Waals surface area (Å²) in [5.74, 6) is 0.991. The molecule has 128 valence electrons. The van der Waals surface area contributed by atoms with Gasteiger partial charge in [-0.05, 0) is 19.1 Å². The van der Waals surface area contributed by atoms with Crippen LogP contribution in [0.4, 0.5) is 8.78 Å². The Bertz CT molecular complexity index is 853. The van der Waals surface area contributed by atoms with E-state index in [-0.39, 0.29) is 15.8 Å². The van der Waals surface area contributed by atoms with Crippen molar-refractivity contribution in [2.75, 3.05) is 0 Å². The summed E-state index contributed by atoms with van der Waals surface area (Å²) in [7, 11) is 0. The first-order valence-corrected chi connectivity index (χ1v) is 8.41. The van der Waals surface area contributed by atoms with Gasteiger partial charge in [-0.1, -0.05) is 49.8 Å². The van der Waals surface area contributed by atoms with E-state index < -0.39 is 6.55 Å². The van der Waals surface area contributed by atoms with Crippen LogP contribution in [0.2, 0.25) is 0 Å². The molecule has 1 atom stereocenters. The van der Waals surface area contributed by atoms with E-state index in [1.807, 2.05) is 27.7 Å². The second-order valence-electron chi connectivity index (χ2n) is 6.50. The van der Waals surface area contributed by atoms with Crippen molar-refractivity contribution in [2.24, 2.45) is 0 Å². The van der Waals surface area contributed by atoms with E-state index >= 15 is 0 Å². The normalized spacial score (nSPS) is 13.8. The van der Waals surface area contributed by atoms with Crippen LogP contribution in [-0.2, 0) is 5.41 Å². The van der Waals surface area contributed by atoms with Gasteiger partial charge in [0, 0.05) is 5.41 Å². The van der Waals surface area contributed by atoms with Crippen LogP contribution in [0.25, 0.3) is 11.0 Å². The van der Waals surface area contributed by atoms with Gasteiger partial charge < -0.3 is 4.52 Å². The van der Waals surface area contributed by atoms with E-state index in [4.69, 9.17) is 4.52 Å². The highest BCUT2D eigenvalue weighted by Gasteiger charge is 2.26. The molecule has 0 bridgehead atoms. The second kappa shape index (κ2) is 6.16. The van der Waals surface area contributed by atoms with Gasteiger partial charge in [0.2, 0.25) is 5.89 Å². The summed E-state index contributed by atoms with van der Waals surface area (Å²) < 4.78 is 33.1. The lowest BCUT2D eigenvalue weighted by molar-refractivity contribution is 0.0656. The molecule has 2 aromatic heterocycles. The maximum Gasteiger partial charge on any atom is 0.321 e. The van der Waals surface area contributed by atoms with Crippen LogP contribution < -0.4 is 0 Å². The van der Waals surface area contributed by atoms with Gasteiger partial charge in [-0.2, -0.15) is 13.8 Å². The number of hydrogen-bond acceptors (Lipinski definition) is 5. The Morgan fingerprint density at radius 2 is 1.88 bits per heavy atom. The first-order chi connectivity index (χ1) is 11.3. The van der Waals surface area contributed by atoms with Gasteiger partial charge in [0.25, 0.3) is 0 Å². The molecule has 3 aromatic rings. The monoisotopic (exact) mass is 352 g/mol. The van der Waals surface area contributed by atoms with Crippen molar-refractivity contribution in [3.05, 3.63) is 36.0 Å². The van der Waals surface area contributed by atoms with Gasteiger partial charge in [0.05, 0.1) is 16.3 Å². The molecule has 0 saturated carbocycles. The van der Waals surface area contributed by atoms with Crippen molar-refractivity contribution in [1.82, 2.24) is 19.7 Å². The Labute approximate surface area is 142 Å². The molecule has 3 rings (SSSR count). The summed E-state index contributed by atoms with van der Waals surface area (Å²) in [6.07, 6.45) is 0. The second-order valence-corrected chi connectivity index (χ2v) is 7.81. The average molecular weight is 352 g/mol. The molecule has 1 aromatic carbocycles. The minimum Gasteiger partial charge on any atom is -0.338 e. The Morgan fingerprint density at radius 1 is 1.17 bits per heavy atom. The van der Waals surface area contributed by atoms with Crippen molar-refractivity contribution in [3.8, 4) is 0 Å². The number of rotatable bonds is 4. The standard InChI is InChI=1S/C16H18F2N4OS/c1-9(12-20-13(21-23-12)16(2,3)4)24-15-19-10-7-5-6-8-11(10)22(15)14(17)18/h5-9,14H,1-4H3/t9-/m1/s1. The first-order valence-electron chi connectivity index (χ1n) is 7.53. The maximum atomic E-state index is 13.5. The molecule has 0 N–H and O–H groups in total. The van der Waals surface area contributed by atoms with Crippen LogP contribution in [0.5, 0.6) is 0 Å².